The monoisotopic (exact) mass is 394 g/mol. The number of pyridine rings is 1. The predicted molar refractivity (Wildman–Crippen MR) is 116 cm³/mol. The van der Waals surface area contributed by atoms with Crippen molar-refractivity contribution in [2.75, 3.05) is 14.1 Å². The summed E-state index contributed by atoms with van der Waals surface area (Å²) in [5, 5.41) is 8.88. The molecular formula is C23H27ClN4. The lowest BCUT2D eigenvalue weighted by molar-refractivity contribution is 0.266. The van der Waals surface area contributed by atoms with Crippen molar-refractivity contribution in [2.24, 2.45) is 0 Å². The van der Waals surface area contributed by atoms with Gasteiger partial charge in [0.2, 0.25) is 0 Å². The largest absolute Gasteiger partial charge is 0.306 e. The Morgan fingerprint density at radius 2 is 1.82 bits per heavy atom. The van der Waals surface area contributed by atoms with Gasteiger partial charge < -0.3 is 4.90 Å². The number of nitrogens with zero attached hydrogens (tertiary/aromatic N) is 3. The molecule has 1 fully saturated rings. The summed E-state index contributed by atoms with van der Waals surface area (Å²) in [6, 6.07) is 12.8. The van der Waals surface area contributed by atoms with Crippen molar-refractivity contribution in [1.82, 2.24) is 20.1 Å². The molecule has 0 bridgehead atoms. The predicted octanol–water partition coefficient (Wildman–Crippen LogP) is 5.77. The number of halogens is 1. The highest BCUT2D eigenvalue weighted by Crippen LogP contribution is 2.41. The molecule has 28 heavy (non-hydrogen) atoms. The maximum absolute atomic E-state index is 6.26. The fraction of sp³-hybridized carbons (Fsp3) is 0.391. The van der Waals surface area contributed by atoms with E-state index in [9.17, 15) is 0 Å². The Hall–Kier alpha value is -2.17. The number of nitrogens with one attached hydrogen (secondary N) is 1. The lowest BCUT2D eigenvalue weighted by Gasteiger charge is -2.22. The van der Waals surface area contributed by atoms with Gasteiger partial charge in [-0.25, -0.2) is 0 Å². The van der Waals surface area contributed by atoms with Gasteiger partial charge in [-0.15, -0.1) is 0 Å². The van der Waals surface area contributed by atoms with Crippen molar-refractivity contribution in [2.45, 2.75) is 44.1 Å². The molecular weight excluding hydrogens is 368 g/mol. The second-order valence-electron chi connectivity index (χ2n) is 7.93. The van der Waals surface area contributed by atoms with Gasteiger partial charge in [0.15, 0.2) is 0 Å². The van der Waals surface area contributed by atoms with Gasteiger partial charge >= 0.3 is 0 Å². The highest BCUT2D eigenvalue weighted by atomic mass is 35.5. The molecule has 1 N–H and O–H groups in total. The molecule has 0 amide bonds. The first kappa shape index (κ1) is 19.2. The highest BCUT2D eigenvalue weighted by Gasteiger charge is 2.27. The van der Waals surface area contributed by atoms with Crippen molar-refractivity contribution in [3.8, 4) is 22.4 Å². The van der Waals surface area contributed by atoms with E-state index in [0.29, 0.717) is 12.0 Å². The number of aromatic amines is 1. The second kappa shape index (κ2) is 8.46. The van der Waals surface area contributed by atoms with E-state index in [1.54, 1.807) is 0 Å². The molecule has 1 saturated carbocycles. The number of hydrogen-bond acceptors (Lipinski definition) is 3. The van der Waals surface area contributed by atoms with Crippen LogP contribution in [0, 0.1) is 0 Å². The van der Waals surface area contributed by atoms with Gasteiger partial charge in [-0.1, -0.05) is 30.2 Å². The first-order valence-corrected chi connectivity index (χ1v) is 10.4. The summed E-state index contributed by atoms with van der Waals surface area (Å²) in [4.78, 5) is 6.57. The Morgan fingerprint density at radius 1 is 1.00 bits per heavy atom. The fourth-order valence-corrected chi connectivity index (χ4v) is 4.58. The minimum absolute atomic E-state index is 0.494. The van der Waals surface area contributed by atoms with Crippen LogP contribution in [0.5, 0.6) is 0 Å². The maximum Gasteiger partial charge on any atom is 0.100 e. The van der Waals surface area contributed by atoms with Gasteiger partial charge in [0.05, 0.1) is 0 Å². The third kappa shape index (κ3) is 3.98. The summed E-state index contributed by atoms with van der Waals surface area (Å²) < 4.78 is 0. The number of H-pyrrole nitrogens is 1. The Kier molecular flexibility index (Phi) is 5.79. The van der Waals surface area contributed by atoms with Crippen LogP contribution in [0.3, 0.4) is 0 Å². The summed E-state index contributed by atoms with van der Waals surface area (Å²) in [7, 11) is 4.39. The number of rotatable bonds is 4. The molecule has 2 atom stereocenters. The first-order valence-electron chi connectivity index (χ1n) is 10.0. The SMILES string of the molecule is CN(C)[C@H]1CCC[C@@H](c2[nH]nc(-c3cccc(Cl)c3)c2-c2ccncc2)CC1. The minimum atomic E-state index is 0.494. The van der Waals surface area contributed by atoms with Crippen molar-refractivity contribution in [1.29, 1.82) is 0 Å². The van der Waals surface area contributed by atoms with Crippen molar-refractivity contribution < 1.29 is 0 Å². The van der Waals surface area contributed by atoms with E-state index in [-0.39, 0.29) is 0 Å². The molecule has 2 aromatic heterocycles. The van der Waals surface area contributed by atoms with Crippen LogP contribution >= 0.6 is 11.6 Å². The smallest absolute Gasteiger partial charge is 0.100 e. The van der Waals surface area contributed by atoms with Gasteiger partial charge in [0, 0.05) is 46.2 Å². The molecule has 0 radical (unpaired) electrons. The van der Waals surface area contributed by atoms with Gasteiger partial charge in [0.25, 0.3) is 0 Å². The molecule has 0 spiro atoms. The van der Waals surface area contributed by atoms with Gasteiger partial charge in [0.1, 0.15) is 5.69 Å². The quantitative estimate of drug-likeness (QED) is 0.571. The van der Waals surface area contributed by atoms with Gasteiger partial charge in [-0.2, -0.15) is 5.10 Å². The van der Waals surface area contributed by atoms with Gasteiger partial charge in [-0.3, -0.25) is 10.1 Å². The number of hydrogen-bond donors (Lipinski definition) is 1. The second-order valence-corrected chi connectivity index (χ2v) is 8.37. The van der Waals surface area contributed by atoms with Crippen LogP contribution in [-0.2, 0) is 0 Å². The standard InChI is InChI=1S/C23H27ClN4/c1-28(2)20-8-4-5-17(9-10-20)22-21(16-11-13-25-14-12-16)23(27-26-22)18-6-3-7-19(24)15-18/h3,6-7,11-15,17,20H,4-5,8-10H2,1-2H3,(H,26,27)/t17-,20+/m1/s1. The van der Waals surface area contributed by atoms with E-state index in [0.717, 1.165) is 21.8 Å². The maximum atomic E-state index is 6.26. The normalized spacial score (nSPS) is 20.3. The molecule has 1 aliphatic carbocycles. The Balaban J connectivity index is 1.76. The summed E-state index contributed by atoms with van der Waals surface area (Å²) in [6.07, 6.45) is 9.81. The van der Waals surface area contributed by atoms with Crippen LogP contribution in [0.4, 0.5) is 0 Å². The topological polar surface area (TPSA) is 44.8 Å². The lowest BCUT2D eigenvalue weighted by Crippen LogP contribution is -2.26. The van der Waals surface area contributed by atoms with Crippen LogP contribution in [0.25, 0.3) is 22.4 Å². The molecule has 2 heterocycles. The molecule has 0 unspecified atom stereocenters. The lowest BCUT2D eigenvalue weighted by atomic mass is 9.89. The summed E-state index contributed by atoms with van der Waals surface area (Å²) in [5.41, 5.74) is 5.61. The zero-order valence-corrected chi connectivity index (χ0v) is 17.3. The average molecular weight is 395 g/mol. The molecule has 146 valence electrons. The van der Waals surface area contributed by atoms with E-state index in [1.165, 1.54) is 43.4 Å². The minimum Gasteiger partial charge on any atom is -0.306 e. The zero-order chi connectivity index (χ0) is 19.5. The molecule has 0 aliphatic heterocycles. The summed E-state index contributed by atoms with van der Waals surface area (Å²) in [5.74, 6) is 0.494. The van der Waals surface area contributed by atoms with E-state index in [4.69, 9.17) is 16.7 Å². The van der Waals surface area contributed by atoms with E-state index >= 15 is 0 Å². The van der Waals surface area contributed by atoms with Crippen LogP contribution in [0.15, 0.2) is 48.8 Å². The molecule has 3 aromatic rings. The van der Waals surface area contributed by atoms with Crippen LogP contribution in [0.1, 0.15) is 43.7 Å². The third-order valence-electron chi connectivity index (χ3n) is 5.94. The Labute approximate surface area is 172 Å². The Bertz CT molecular complexity index is 919. The third-order valence-corrected chi connectivity index (χ3v) is 6.17. The summed E-state index contributed by atoms with van der Waals surface area (Å²) >= 11 is 6.26. The fourth-order valence-electron chi connectivity index (χ4n) is 4.39. The van der Waals surface area contributed by atoms with E-state index in [2.05, 4.69) is 47.3 Å². The molecule has 0 saturated heterocycles. The average Bonchev–Trinajstić information content (AvgIpc) is 2.99. The zero-order valence-electron chi connectivity index (χ0n) is 16.5. The van der Waals surface area contributed by atoms with Gasteiger partial charge in [-0.05, 0) is 69.6 Å². The first-order chi connectivity index (χ1) is 13.6. The van der Waals surface area contributed by atoms with Crippen molar-refractivity contribution >= 4 is 11.6 Å². The number of benzene rings is 1. The van der Waals surface area contributed by atoms with Crippen molar-refractivity contribution in [3.05, 3.63) is 59.5 Å². The van der Waals surface area contributed by atoms with E-state index in [1.807, 2.05) is 30.6 Å². The van der Waals surface area contributed by atoms with Crippen LogP contribution < -0.4 is 0 Å². The Morgan fingerprint density at radius 3 is 2.57 bits per heavy atom. The molecule has 1 aromatic carbocycles. The number of aromatic nitrogens is 3. The van der Waals surface area contributed by atoms with Crippen LogP contribution in [0.2, 0.25) is 5.02 Å². The highest BCUT2D eigenvalue weighted by molar-refractivity contribution is 6.30. The molecule has 4 nitrogen and oxygen atoms in total. The van der Waals surface area contributed by atoms with Crippen LogP contribution in [-0.4, -0.2) is 40.2 Å². The molecule has 1 aliphatic rings. The molecule has 5 heteroatoms. The summed E-state index contributed by atoms with van der Waals surface area (Å²) in [6.45, 7) is 0. The molecule has 4 rings (SSSR count). The van der Waals surface area contributed by atoms with E-state index < -0.39 is 0 Å². The van der Waals surface area contributed by atoms with Crippen molar-refractivity contribution in [3.63, 3.8) is 0 Å².